The third-order valence-electron chi connectivity index (χ3n) is 4.23. The van der Waals surface area contributed by atoms with Gasteiger partial charge in [0, 0.05) is 26.1 Å². The number of aliphatic hydroxyl groups is 1. The Hall–Kier alpha value is -0.610. The molecular formula is C15H30N2O2. The molecule has 0 aromatic rings. The number of nitrogens with two attached hydrogens (primary N) is 1. The summed E-state index contributed by atoms with van der Waals surface area (Å²) in [5.41, 5.74) is 5.62. The molecule has 0 aromatic heterocycles. The maximum atomic E-state index is 12.4. The minimum Gasteiger partial charge on any atom is -0.396 e. The third-order valence-corrected chi connectivity index (χ3v) is 4.23. The van der Waals surface area contributed by atoms with Crippen molar-refractivity contribution in [1.29, 1.82) is 0 Å². The number of rotatable bonds is 8. The molecule has 1 amide bonds. The fourth-order valence-electron chi connectivity index (χ4n) is 3.07. The zero-order chi connectivity index (χ0) is 14.1. The van der Waals surface area contributed by atoms with Gasteiger partial charge in [-0.2, -0.15) is 0 Å². The molecule has 0 aliphatic heterocycles. The van der Waals surface area contributed by atoms with Gasteiger partial charge in [-0.05, 0) is 51.0 Å². The molecule has 2 unspecified atom stereocenters. The number of carbonyl (C=O) groups excluding carboxylic acids is 1. The van der Waals surface area contributed by atoms with Crippen molar-refractivity contribution in [2.24, 2.45) is 17.6 Å². The highest BCUT2D eigenvalue weighted by Gasteiger charge is 2.28. The molecule has 3 N–H and O–H groups in total. The van der Waals surface area contributed by atoms with E-state index in [1.165, 1.54) is 12.8 Å². The molecule has 2 atom stereocenters. The lowest BCUT2D eigenvalue weighted by atomic mass is 9.79. The zero-order valence-corrected chi connectivity index (χ0v) is 12.3. The molecule has 0 bridgehead atoms. The summed E-state index contributed by atoms with van der Waals surface area (Å²) in [7, 11) is 1.91. The first kappa shape index (κ1) is 16.4. The molecule has 1 aliphatic rings. The summed E-state index contributed by atoms with van der Waals surface area (Å²) in [6.45, 7) is 1.81. The van der Waals surface area contributed by atoms with Crippen molar-refractivity contribution in [2.75, 3.05) is 26.7 Å². The summed E-state index contributed by atoms with van der Waals surface area (Å²) in [6, 6.07) is 0. The van der Waals surface area contributed by atoms with Gasteiger partial charge >= 0.3 is 0 Å². The average molecular weight is 270 g/mol. The van der Waals surface area contributed by atoms with Crippen molar-refractivity contribution < 1.29 is 9.90 Å². The van der Waals surface area contributed by atoms with Crippen LogP contribution in [0.15, 0.2) is 0 Å². The Morgan fingerprint density at radius 1 is 1.32 bits per heavy atom. The molecule has 19 heavy (non-hydrogen) atoms. The summed E-state index contributed by atoms with van der Waals surface area (Å²) in [4.78, 5) is 14.2. The minimum atomic E-state index is 0.216. The van der Waals surface area contributed by atoms with Crippen molar-refractivity contribution in [1.82, 2.24) is 4.90 Å². The van der Waals surface area contributed by atoms with E-state index in [9.17, 15) is 4.79 Å². The molecular weight excluding hydrogens is 240 g/mol. The van der Waals surface area contributed by atoms with E-state index >= 15 is 0 Å². The molecule has 0 aromatic carbocycles. The summed E-state index contributed by atoms with van der Waals surface area (Å²) in [6.07, 6.45) is 8.35. The van der Waals surface area contributed by atoms with Crippen LogP contribution in [0.4, 0.5) is 0 Å². The van der Waals surface area contributed by atoms with E-state index in [2.05, 4.69) is 0 Å². The quantitative estimate of drug-likeness (QED) is 0.661. The molecule has 1 aliphatic carbocycles. The Labute approximate surface area is 117 Å². The van der Waals surface area contributed by atoms with Crippen LogP contribution in [0.1, 0.15) is 51.4 Å². The fraction of sp³-hybridized carbons (Fsp3) is 0.933. The summed E-state index contributed by atoms with van der Waals surface area (Å²) in [5.74, 6) is 1.18. The van der Waals surface area contributed by atoms with E-state index in [1.54, 1.807) is 0 Å². The molecule has 1 saturated carbocycles. The van der Waals surface area contributed by atoms with Crippen LogP contribution < -0.4 is 5.73 Å². The van der Waals surface area contributed by atoms with Gasteiger partial charge in [0.25, 0.3) is 0 Å². The van der Waals surface area contributed by atoms with Gasteiger partial charge in [0.05, 0.1) is 0 Å². The molecule has 1 fully saturated rings. The Morgan fingerprint density at radius 2 is 2.11 bits per heavy atom. The van der Waals surface area contributed by atoms with Gasteiger partial charge < -0.3 is 15.7 Å². The normalized spacial score (nSPS) is 23.3. The lowest BCUT2D eigenvalue weighted by Gasteiger charge is -2.31. The second-order valence-electron chi connectivity index (χ2n) is 5.85. The maximum Gasteiger partial charge on any atom is 0.225 e. The first-order valence-corrected chi connectivity index (χ1v) is 7.75. The number of nitrogens with zero attached hydrogens (tertiary/aromatic N) is 1. The molecule has 0 spiro atoms. The molecule has 4 heteroatoms. The molecule has 112 valence electrons. The van der Waals surface area contributed by atoms with Crippen molar-refractivity contribution in [3.05, 3.63) is 0 Å². The minimum absolute atomic E-state index is 0.216. The first-order chi connectivity index (χ1) is 9.19. The molecule has 0 radical (unpaired) electrons. The lowest BCUT2D eigenvalue weighted by molar-refractivity contribution is -0.135. The Kier molecular flexibility index (Phi) is 8.07. The topological polar surface area (TPSA) is 66.6 Å². The van der Waals surface area contributed by atoms with Crippen molar-refractivity contribution in [3.63, 3.8) is 0 Å². The third kappa shape index (κ3) is 5.91. The maximum absolute atomic E-state index is 12.4. The highest BCUT2D eigenvalue weighted by Crippen LogP contribution is 2.31. The summed E-state index contributed by atoms with van der Waals surface area (Å²) in [5, 5.41) is 8.73. The number of hydrogen-bond acceptors (Lipinski definition) is 3. The van der Waals surface area contributed by atoms with E-state index < -0.39 is 0 Å². The van der Waals surface area contributed by atoms with E-state index in [4.69, 9.17) is 10.8 Å². The predicted octanol–water partition coefficient (Wildman–Crippen LogP) is 1.76. The SMILES string of the molecule is CN(CCCCCO)C(=O)C1CCCC(CCN)C1. The van der Waals surface area contributed by atoms with E-state index in [1.807, 2.05) is 11.9 Å². The van der Waals surface area contributed by atoms with Gasteiger partial charge in [-0.1, -0.05) is 12.8 Å². The van der Waals surface area contributed by atoms with Gasteiger partial charge in [0.1, 0.15) is 0 Å². The number of carbonyl (C=O) groups is 1. The molecule has 0 saturated heterocycles. The monoisotopic (exact) mass is 270 g/mol. The predicted molar refractivity (Wildman–Crippen MR) is 77.7 cm³/mol. The Bertz CT molecular complexity index is 257. The Morgan fingerprint density at radius 3 is 2.79 bits per heavy atom. The van der Waals surface area contributed by atoms with Gasteiger partial charge in [0.15, 0.2) is 0 Å². The molecule has 4 nitrogen and oxygen atoms in total. The second kappa shape index (κ2) is 9.32. The van der Waals surface area contributed by atoms with Crippen LogP contribution in [0.5, 0.6) is 0 Å². The van der Waals surface area contributed by atoms with Gasteiger partial charge in [-0.3, -0.25) is 4.79 Å². The largest absolute Gasteiger partial charge is 0.396 e. The van der Waals surface area contributed by atoms with E-state index in [0.717, 1.165) is 51.6 Å². The average Bonchev–Trinajstić information content (AvgIpc) is 2.43. The number of unbranched alkanes of at least 4 members (excludes halogenated alkanes) is 2. The lowest BCUT2D eigenvalue weighted by Crippen LogP contribution is -2.36. The number of hydrogen-bond donors (Lipinski definition) is 2. The van der Waals surface area contributed by atoms with Gasteiger partial charge in [0.2, 0.25) is 5.91 Å². The highest BCUT2D eigenvalue weighted by atomic mass is 16.2. The van der Waals surface area contributed by atoms with Crippen molar-refractivity contribution in [3.8, 4) is 0 Å². The van der Waals surface area contributed by atoms with Gasteiger partial charge in [-0.15, -0.1) is 0 Å². The molecule has 0 heterocycles. The first-order valence-electron chi connectivity index (χ1n) is 7.75. The van der Waals surface area contributed by atoms with Gasteiger partial charge in [-0.25, -0.2) is 0 Å². The number of amides is 1. The van der Waals surface area contributed by atoms with Crippen LogP contribution in [0, 0.1) is 11.8 Å². The Balaban J connectivity index is 2.30. The smallest absolute Gasteiger partial charge is 0.225 e. The van der Waals surface area contributed by atoms with Crippen LogP contribution in [0.25, 0.3) is 0 Å². The van der Waals surface area contributed by atoms with Crippen LogP contribution in [-0.4, -0.2) is 42.7 Å². The van der Waals surface area contributed by atoms with Crippen LogP contribution in [0.2, 0.25) is 0 Å². The zero-order valence-electron chi connectivity index (χ0n) is 12.3. The standard InChI is InChI=1S/C15H30N2O2/c1-17(10-3-2-4-11-18)15(19)14-7-5-6-13(12-14)8-9-16/h13-14,18H,2-12,16H2,1H3. The molecule has 1 rings (SSSR count). The fourth-order valence-corrected chi connectivity index (χ4v) is 3.07. The van der Waals surface area contributed by atoms with Crippen molar-refractivity contribution in [2.45, 2.75) is 51.4 Å². The van der Waals surface area contributed by atoms with Crippen molar-refractivity contribution >= 4 is 5.91 Å². The van der Waals surface area contributed by atoms with E-state index in [0.29, 0.717) is 11.8 Å². The summed E-state index contributed by atoms with van der Waals surface area (Å²) < 4.78 is 0. The van der Waals surface area contributed by atoms with Crippen LogP contribution >= 0.6 is 0 Å². The van der Waals surface area contributed by atoms with Crippen LogP contribution in [-0.2, 0) is 4.79 Å². The van der Waals surface area contributed by atoms with Crippen LogP contribution in [0.3, 0.4) is 0 Å². The second-order valence-corrected chi connectivity index (χ2v) is 5.85. The van der Waals surface area contributed by atoms with E-state index in [-0.39, 0.29) is 12.5 Å². The highest BCUT2D eigenvalue weighted by molar-refractivity contribution is 5.78. The number of aliphatic hydroxyl groups excluding tert-OH is 1. The summed E-state index contributed by atoms with van der Waals surface area (Å²) >= 11 is 0.